The first kappa shape index (κ1) is 13.6. The van der Waals surface area contributed by atoms with Crippen molar-refractivity contribution < 1.29 is 14.3 Å². The van der Waals surface area contributed by atoms with Crippen molar-refractivity contribution in [3.63, 3.8) is 0 Å². The van der Waals surface area contributed by atoms with Crippen molar-refractivity contribution in [3.05, 3.63) is 35.6 Å². The van der Waals surface area contributed by atoms with Gasteiger partial charge in [0.15, 0.2) is 0 Å². The van der Waals surface area contributed by atoms with Gasteiger partial charge in [-0.05, 0) is 44.6 Å². The Hall–Kier alpha value is -1.42. The van der Waals surface area contributed by atoms with Crippen LogP contribution in [0.2, 0.25) is 0 Å². The quantitative estimate of drug-likeness (QED) is 0.890. The Balaban J connectivity index is 1.69. The van der Waals surface area contributed by atoms with Gasteiger partial charge in [0, 0.05) is 11.6 Å². The van der Waals surface area contributed by atoms with Gasteiger partial charge in [-0.15, -0.1) is 0 Å². The molecule has 2 saturated carbocycles. The lowest BCUT2D eigenvalue weighted by atomic mass is 9.90. The van der Waals surface area contributed by atoms with Crippen LogP contribution in [0.3, 0.4) is 0 Å². The molecule has 0 heterocycles. The number of aliphatic hydroxyl groups is 1. The van der Waals surface area contributed by atoms with E-state index in [1.54, 1.807) is 18.2 Å². The lowest BCUT2D eigenvalue weighted by molar-refractivity contribution is -0.124. The topological polar surface area (TPSA) is 49.3 Å². The highest BCUT2D eigenvalue weighted by atomic mass is 19.1. The molecule has 0 atom stereocenters. The van der Waals surface area contributed by atoms with Gasteiger partial charge in [-0.2, -0.15) is 0 Å². The molecular formula is C16H20FNO2. The van der Waals surface area contributed by atoms with Crippen molar-refractivity contribution in [2.24, 2.45) is 0 Å². The number of carbonyl (C=O) groups excluding carboxylic acids is 1. The van der Waals surface area contributed by atoms with Crippen LogP contribution in [0.1, 0.15) is 44.1 Å². The number of aliphatic hydroxyl groups excluding tert-OH is 1. The van der Waals surface area contributed by atoms with Crippen molar-refractivity contribution >= 4 is 5.91 Å². The van der Waals surface area contributed by atoms with E-state index in [0.29, 0.717) is 5.56 Å². The van der Waals surface area contributed by atoms with Crippen molar-refractivity contribution in [3.8, 4) is 0 Å². The lowest BCUT2D eigenvalue weighted by Gasteiger charge is -2.28. The molecule has 0 radical (unpaired) electrons. The Morgan fingerprint density at radius 3 is 2.45 bits per heavy atom. The van der Waals surface area contributed by atoms with E-state index in [4.69, 9.17) is 0 Å². The Morgan fingerprint density at radius 2 is 1.85 bits per heavy atom. The number of hydrogen-bond donors (Lipinski definition) is 2. The largest absolute Gasteiger partial charge is 0.393 e. The number of amides is 1. The van der Waals surface area contributed by atoms with Gasteiger partial charge in [-0.1, -0.05) is 18.2 Å². The Kier molecular flexibility index (Phi) is 3.50. The second-order valence-electron chi connectivity index (χ2n) is 6.04. The first-order valence-corrected chi connectivity index (χ1v) is 7.36. The SMILES string of the molecule is O=C(NC1CCC(O)CC1)C1(c2ccccc2F)CC1. The predicted molar refractivity (Wildman–Crippen MR) is 73.7 cm³/mol. The molecule has 3 rings (SSSR count). The minimum atomic E-state index is -0.651. The molecular weight excluding hydrogens is 257 g/mol. The van der Waals surface area contributed by atoms with E-state index >= 15 is 0 Å². The molecule has 0 aliphatic heterocycles. The van der Waals surface area contributed by atoms with Gasteiger partial charge in [0.1, 0.15) is 5.82 Å². The fraction of sp³-hybridized carbons (Fsp3) is 0.562. The van der Waals surface area contributed by atoms with Gasteiger partial charge in [-0.3, -0.25) is 4.79 Å². The van der Waals surface area contributed by atoms with Crippen molar-refractivity contribution in [1.29, 1.82) is 0 Å². The number of carbonyl (C=O) groups is 1. The molecule has 2 fully saturated rings. The van der Waals surface area contributed by atoms with E-state index in [2.05, 4.69) is 5.32 Å². The van der Waals surface area contributed by atoms with E-state index in [0.717, 1.165) is 38.5 Å². The first-order valence-electron chi connectivity index (χ1n) is 7.36. The number of rotatable bonds is 3. The Bertz CT molecular complexity index is 505. The van der Waals surface area contributed by atoms with Crippen LogP contribution in [-0.2, 0) is 10.2 Å². The molecule has 3 nitrogen and oxygen atoms in total. The van der Waals surface area contributed by atoms with Crippen LogP contribution in [0.15, 0.2) is 24.3 Å². The van der Waals surface area contributed by atoms with Gasteiger partial charge in [0.2, 0.25) is 5.91 Å². The van der Waals surface area contributed by atoms with Crippen LogP contribution in [0.25, 0.3) is 0 Å². The molecule has 0 unspecified atom stereocenters. The minimum absolute atomic E-state index is 0.0519. The highest BCUT2D eigenvalue weighted by molar-refractivity contribution is 5.91. The molecule has 4 heteroatoms. The van der Waals surface area contributed by atoms with Crippen LogP contribution in [0.4, 0.5) is 4.39 Å². The molecule has 0 aromatic heterocycles. The van der Waals surface area contributed by atoms with Gasteiger partial charge >= 0.3 is 0 Å². The van der Waals surface area contributed by atoms with Crippen LogP contribution in [0.5, 0.6) is 0 Å². The molecule has 108 valence electrons. The van der Waals surface area contributed by atoms with E-state index < -0.39 is 5.41 Å². The minimum Gasteiger partial charge on any atom is -0.393 e. The molecule has 20 heavy (non-hydrogen) atoms. The maximum Gasteiger partial charge on any atom is 0.230 e. The molecule has 0 saturated heterocycles. The summed E-state index contributed by atoms with van der Waals surface area (Å²) in [5, 5.41) is 12.5. The van der Waals surface area contributed by atoms with Crippen molar-refractivity contribution in [2.45, 2.75) is 56.1 Å². The van der Waals surface area contributed by atoms with E-state index in [1.165, 1.54) is 6.07 Å². The molecule has 1 aromatic carbocycles. The molecule has 1 amide bonds. The van der Waals surface area contributed by atoms with Crippen LogP contribution < -0.4 is 5.32 Å². The molecule has 1 aromatic rings. The summed E-state index contributed by atoms with van der Waals surface area (Å²) in [6.07, 6.45) is 4.28. The summed E-state index contributed by atoms with van der Waals surface area (Å²) >= 11 is 0. The maximum atomic E-state index is 13.9. The summed E-state index contributed by atoms with van der Waals surface area (Å²) < 4.78 is 13.9. The second kappa shape index (κ2) is 5.17. The Morgan fingerprint density at radius 1 is 1.20 bits per heavy atom. The monoisotopic (exact) mass is 277 g/mol. The van der Waals surface area contributed by atoms with Crippen LogP contribution in [-0.4, -0.2) is 23.2 Å². The zero-order valence-corrected chi connectivity index (χ0v) is 11.4. The summed E-state index contributed by atoms with van der Waals surface area (Å²) in [4.78, 5) is 12.5. The van der Waals surface area contributed by atoms with Crippen molar-refractivity contribution in [1.82, 2.24) is 5.32 Å². The summed E-state index contributed by atoms with van der Waals surface area (Å²) in [6, 6.07) is 6.68. The number of hydrogen-bond acceptors (Lipinski definition) is 2. The van der Waals surface area contributed by atoms with Gasteiger partial charge < -0.3 is 10.4 Å². The number of nitrogens with one attached hydrogen (secondary N) is 1. The highest BCUT2D eigenvalue weighted by Gasteiger charge is 2.53. The third-order valence-corrected chi connectivity index (χ3v) is 4.61. The molecule has 2 N–H and O–H groups in total. The molecule has 0 spiro atoms. The number of benzene rings is 1. The van der Waals surface area contributed by atoms with Gasteiger partial charge in [-0.25, -0.2) is 4.39 Å². The fourth-order valence-electron chi connectivity index (χ4n) is 3.14. The summed E-state index contributed by atoms with van der Waals surface area (Å²) in [5.74, 6) is -0.344. The lowest BCUT2D eigenvalue weighted by Crippen LogP contribution is -2.44. The molecule has 2 aliphatic carbocycles. The van der Waals surface area contributed by atoms with E-state index in [9.17, 15) is 14.3 Å². The van der Waals surface area contributed by atoms with E-state index in [-0.39, 0.29) is 23.9 Å². The summed E-state index contributed by atoms with van der Waals surface area (Å²) in [7, 11) is 0. The van der Waals surface area contributed by atoms with Gasteiger partial charge in [0.25, 0.3) is 0 Å². The standard InChI is InChI=1S/C16H20FNO2/c17-14-4-2-1-3-13(14)16(9-10-16)15(20)18-11-5-7-12(19)8-6-11/h1-4,11-12,19H,5-10H2,(H,18,20). The van der Waals surface area contributed by atoms with Crippen LogP contribution in [0, 0.1) is 5.82 Å². The average Bonchev–Trinajstić information content (AvgIpc) is 3.23. The fourth-order valence-corrected chi connectivity index (χ4v) is 3.14. The first-order chi connectivity index (χ1) is 9.62. The van der Waals surface area contributed by atoms with E-state index in [1.807, 2.05) is 0 Å². The third-order valence-electron chi connectivity index (χ3n) is 4.61. The molecule has 2 aliphatic rings. The van der Waals surface area contributed by atoms with Gasteiger partial charge in [0.05, 0.1) is 11.5 Å². The smallest absolute Gasteiger partial charge is 0.230 e. The molecule has 0 bridgehead atoms. The summed E-state index contributed by atoms with van der Waals surface area (Å²) in [6.45, 7) is 0. The third kappa shape index (κ3) is 2.44. The normalized spacial score (nSPS) is 27.9. The number of halogens is 1. The predicted octanol–water partition coefficient (Wildman–Crippen LogP) is 2.28. The van der Waals surface area contributed by atoms with Crippen molar-refractivity contribution in [2.75, 3.05) is 0 Å². The zero-order valence-electron chi connectivity index (χ0n) is 11.4. The average molecular weight is 277 g/mol. The Labute approximate surface area is 118 Å². The zero-order chi connectivity index (χ0) is 14.2. The summed E-state index contributed by atoms with van der Waals surface area (Å²) in [5.41, 5.74) is -0.130. The maximum absolute atomic E-state index is 13.9. The van der Waals surface area contributed by atoms with Crippen LogP contribution >= 0.6 is 0 Å². The second-order valence-corrected chi connectivity index (χ2v) is 6.04. The highest BCUT2D eigenvalue weighted by Crippen LogP contribution is 2.49.